The van der Waals surface area contributed by atoms with Gasteiger partial charge in [0.1, 0.15) is 0 Å². The molecule has 0 aromatic heterocycles. The van der Waals surface area contributed by atoms with E-state index in [2.05, 4.69) is 41.2 Å². The largest absolute Gasteiger partial charge is 0.367 e. The second kappa shape index (κ2) is 6.60. The van der Waals surface area contributed by atoms with E-state index in [4.69, 9.17) is 11.6 Å². The lowest BCUT2D eigenvalue weighted by Crippen LogP contribution is -2.38. The van der Waals surface area contributed by atoms with E-state index in [1.165, 1.54) is 24.2 Å². The van der Waals surface area contributed by atoms with Crippen molar-refractivity contribution in [2.45, 2.75) is 25.9 Å². The second-order valence-corrected chi connectivity index (χ2v) is 5.83. The minimum absolute atomic E-state index is 0.515. The van der Waals surface area contributed by atoms with Crippen molar-refractivity contribution in [2.24, 2.45) is 0 Å². The number of anilines is 1. The van der Waals surface area contributed by atoms with E-state index in [0.29, 0.717) is 6.04 Å². The van der Waals surface area contributed by atoms with Crippen molar-refractivity contribution in [3.63, 3.8) is 0 Å². The third-order valence-corrected chi connectivity index (χ3v) is 4.16. The van der Waals surface area contributed by atoms with Crippen molar-refractivity contribution in [3.05, 3.63) is 28.8 Å². The topological polar surface area (TPSA) is 18.5 Å². The molecule has 1 aromatic carbocycles. The molecule has 3 nitrogen and oxygen atoms in total. The zero-order valence-electron chi connectivity index (χ0n) is 12.1. The molecule has 1 heterocycles. The van der Waals surface area contributed by atoms with Crippen LogP contribution < -0.4 is 10.2 Å². The van der Waals surface area contributed by atoms with Gasteiger partial charge in [-0.2, -0.15) is 0 Å². The molecule has 1 fully saturated rings. The number of nitrogens with zero attached hydrogens (tertiary/aromatic N) is 2. The first kappa shape index (κ1) is 14.6. The monoisotopic (exact) mass is 281 g/mol. The first-order valence-electron chi connectivity index (χ1n) is 7.00. The van der Waals surface area contributed by atoms with Crippen LogP contribution >= 0.6 is 11.6 Å². The Labute approximate surface area is 121 Å². The van der Waals surface area contributed by atoms with Crippen molar-refractivity contribution < 1.29 is 0 Å². The predicted molar refractivity (Wildman–Crippen MR) is 83.1 cm³/mol. The molecule has 2 rings (SSSR count). The summed E-state index contributed by atoms with van der Waals surface area (Å²) in [6.07, 6.45) is 1.20. The van der Waals surface area contributed by atoms with Gasteiger partial charge in [-0.25, -0.2) is 0 Å². The van der Waals surface area contributed by atoms with Crippen molar-refractivity contribution in [1.82, 2.24) is 10.2 Å². The average Bonchev–Trinajstić information content (AvgIpc) is 2.53. The third-order valence-electron chi connectivity index (χ3n) is 3.80. The maximum Gasteiger partial charge on any atom is 0.0471 e. The van der Waals surface area contributed by atoms with Crippen LogP contribution in [0.4, 0.5) is 5.69 Å². The Balaban J connectivity index is 2.31. The second-order valence-electron chi connectivity index (χ2n) is 5.43. The van der Waals surface area contributed by atoms with E-state index in [1.54, 1.807) is 0 Å². The van der Waals surface area contributed by atoms with Crippen LogP contribution in [0.25, 0.3) is 0 Å². The summed E-state index contributed by atoms with van der Waals surface area (Å²) < 4.78 is 0. The number of hydrogen-bond acceptors (Lipinski definition) is 3. The lowest BCUT2D eigenvalue weighted by Gasteiger charge is -2.32. The molecule has 1 unspecified atom stereocenters. The molecule has 0 spiro atoms. The maximum atomic E-state index is 6.37. The molecule has 4 heteroatoms. The number of benzene rings is 1. The first-order valence-corrected chi connectivity index (χ1v) is 7.38. The Hall–Kier alpha value is -0.770. The lowest BCUT2D eigenvalue weighted by molar-refractivity contribution is 0.337. The van der Waals surface area contributed by atoms with Gasteiger partial charge in [0.15, 0.2) is 0 Å². The molecular formula is C15H24ClN3. The molecule has 0 amide bonds. The number of likely N-dealkylation sites (N-methyl/N-ethyl adjacent to an activating group) is 1. The summed E-state index contributed by atoms with van der Waals surface area (Å²) >= 11 is 6.37. The molecule has 106 valence electrons. The smallest absolute Gasteiger partial charge is 0.0471 e. The molecule has 1 aromatic rings. The van der Waals surface area contributed by atoms with Gasteiger partial charge in [-0.1, -0.05) is 17.7 Å². The minimum atomic E-state index is 0.515. The Bertz CT molecular complexity index is 422. The summed E-state index contributed by atoms with van der Waals surface area (Å²) in [4.78, 5) is 4.91. The fourth-order valence-electron chi connectivity index (χ4n) is 2.90. The molecule has 1 aliphatic rings. The van der Waals surface area contributed by atoms with Crippen LogP contribution in [0.1, 0.15) is 18.9 Å². The van der Waals surface area contributed by atoms with Crippen LogP contribution in [0.2, 0.25) is 5.02 Å². The highest BCUT2D eigenvalue weighted by Gasteiger charge is 2.22. The van der Waals surface area contributed by atoms with E-state index in [1.807, 2.05) is 13.1 Å². The van der Waals surface area contributed by atoms with E-state index in [0.717, 1.165) is 24.7 Å². The zero-order chi connectivity index (χ0) is 13.8. The summed E-state index contributed by atoms with van der Waals surface area (Å²) in [5.41, 5.74) is 2.49. The van der Waals surface area contributed by atoms with Crippen molar-refractivity contribution >= 4 is 17.3 Å². The van der Waals surface area contributed by atoms with Crippen LogP contribution in [0.15, 0.2) is 18.2 Å². The molecule has 0 aliphatic carbocycles. The van der Waals surface area contributed by atoms with Crippen LogP contribution in [-0.4, -0.2) is 44.7 Å². The van der Waals surface area contributed by atoms with Crippen molar-refractivity contribution in [2.75, 3.05) is 38.6 Å². The maximum absolute atomic E-state index is 6.37. The van der Waals surface area contributed by atoms with E-state index in [-0.39, 0.29) is 0 Å². The number of hydrogen-bond donors (Lipinski definition) is 1. The van der Waals surface area contributed by atoms with Gasteiger partial charge in [0.2, 0.25) is 0 Å². The van der Waals surface area contributed by atoms with Gasteiger partial charge in [-0.05, 0) is 46.1 Å². The van der Waals surface area contributed by atoms with Gasteiger partial charge < -0.3 is 15.1 Å². The SMILES string of the molecule is CNCc1c(Cl)cccc1N1CCCN(C)CC1C. The fourth-order valence-corrected chi connectivity index (χ4v) is 3.13. The molecular weight excluding hydrogens is 258 g/mol. The van der Waals surface area contributed by atoms with E-state index < -0.39 is 0 Å². The van der Waals surface area contributed by atoms with Crippen LogP contribution in [0, 0.1) is 0 Å². The van der Waals surface area contributed by atoms with Gasteiger partial charge in [0, 0.05) is 41.9 Å². The summed E-state index contributed by atoms with van der Waals surface area (Å²) in [7, 11) is 4.17. The van der Waals surface area contributed by atoms with Crippen LogP contribution in [-0.2, 0) is 6.54 Å². The summed E-state index contributed by atoms with van der Waals surface area (Å²) in [5.74, 6) is 0. The zero-order valence-corrected chi connectivity index (χ0v) is 12.9. The van der Waals surface area contributed by atoms with E-state index >= 15 is 0 Å². The quantitative estimate of drug-likeness (QED) is 0.919. The molecule has 0 radical (unpaired) electrons. The Morgan fingerprint density at radius 3 is 2.89 bits per heavy atom. The van der Waals surface area contributed by atoms with Gasteiger partial charge >= 0.3 is 0 Å². The molecule has 1 aliphatic heterocycles. The Morgan fingerprint density at radius 2 is 2.16 bits per heavy atom. The number of halogens is 1. The van der Waals surface area contributed by atoms with Crippen LogP contribution in [0.5, 0.6) is 0 Å². The minimum Gasteiger partial charge on any atom is -0.367 e. The molecule has 1 N–H and O–H groups in total. The highest BCUT2D eigenvalue weighted by Crippen LogP contribution is 2.30. The lowest BCUT2D eigenvalue weighted by atomic mass is 10.1. The van der Waals surface area contributed by atoms with Gasteiger partial charge in [-0.3, -0.25) is 0 Å². The molecule has 1 saturated heterocycles. The predicted octanol–water partition coefficient (Wildman–Crippen LogP) is 2.59. The van der Waals surface area contributed by atoms with E-state index in [9.17, 15) is 0 Å². The van der Waals surface area contributed by atoms with Gasteiger partial charge in [-0.15, -0.1) is 0 Å². The third kappa shape index (κ3) is 3.41. The molecule has 19 heavy (non-hydrogen) atoms. The molecule has 0 bridgehead atoms. The Kier molecular flexibility index (Phi) is 5.08. The summed E-state index contributed by atoms with van der Waals surface area (Å²) in [5, 5.41) is 4.08. The first-order chi connectivity index (χ1) is 9.13. The highest BCUT2D eigenvalue weighted by atomic mass is 35.5. The molecule has 0 saturated carbocycles. The standard InChI is InChI=1S/C15H24ClN3/c1-12-11-18(3)8-5-9-19(12)15-7-4-6-14(16)13(15)10-17-2/h4,6-7,12,17H,5,8-11H2,1-3H3. The Morgan fingerprint density at radius 1 is 1.37 bits per heavy atom. The summed E-state index contributed by atoms with van der Waals surface area (Å²) in [6, 6.07) is 6.74. The number of nitrogens with one attached hydrogen (secondary N) is 1. The summed E-state index contributed by atoms with van der Waals surface area (Å²) in [6.45, 7) is 6.48. The number of rotatable bonds is 3. The fraction of sp³-hybridized carbons (Fsp3) is 0.600. The molecule has 1 atom stereocenters. The van der Waals surface area contributed by atoms with Gasteiger partial charge in [0.05, 0.1) is 0 Å². The van der Waals surface area contributed by atoms with Crippen molar-refractivity contribution in [3.8, 4) is 0 Å². The average molecular weight is 282 g/mol. The van der Waals surface area contributed by atoms with Gasteiger partial charge in [0.25, 0.3) is 0 Å². The van der Waals surface area contributed by atoms with Crippen LogP contribution in [0.3, 0.4) is 0 Å². The van der Waals surface area contributed by atoms with Crippen molar-refractivity contribution in [1.29, 1.82) is 0 Å². The highest BCUT2D eigenvalue weighted by molar-refractivity contribution is 6.31. The normalized spacial score (nSPS) is 21.5.